The quantitative estimate of drug-likeness (QED) is 0.866. The van der Waals surface area contributed by atoms with Crippen molar-refractivity contribution in [2.45, 2.75) is 26.7 Å². The monoisotopic (exact) mass is 236 g/mol. The Morgan fingerprint density at radius 3 is 2.94 bits per heavy atom. The third-order valence-electron chi connectivity index (χ3n) is 3.46. The predicted molar refractivity (Wildman–Crippen MR) is 65.9 cm³/mol. The van der Waals surface area contributed by atoms with Crippen LogP contribution in [0.3, 0.4) is 0 Å². The molecular weight excluding hydrogens is 216 g/mol. The molecule has 17 heavy (non-hydrogen) atoms. The molecule has 0 radical (unpaired) electrons. The van der Waals surface area contributed by atoms with E-state index in [1.807, 2.05) is 24.8 Å². The number of nitrogens with two attached hydrogens (primary N) is 1. The Balaban J connectivity index is 2.09. The Morgan fingerprint density at radius 1 is 1.65 bits per heavy atom. The first-order valence-electron chi connectivity index (χ1n) is 6.24. The molecule has 0 spiro atoms. The fourth-order valence-electron chi connectivity index (χ4n) is 2.34. The molecule has 1 aromatic rings. The number of furan rings is 1. The van der Waals surface area contributed by atoms with Crippen molar-refractivity contribution in [3.05, 3.63) is 23.2 Å². The van der Waals surface area contributed by atoms with Crippen LogP contribution < -0.4 is 5.73 Å². The Morgan fingerprint density at radius 2 is 2.41 bits per heavy atom. The van der Waals surface area contributed by atoms with Gasteiger partial charge in [0.05, 0.1) is 0 Å². The maximum absolute atomic E-state index is 12.2. The Labute approximate surface area is 102 Å². The van der Waals surface area contributed by atoms with E-state index in [0.717, 1.165) is 37.3 Å². The smallest absolute Gasteiger partial charge is 0.289 e. The third-order valence-corrected chi connectivity index (χ3v) is 3.46. The summed E-state index contributed by atoms with van der Waals surface area (Å²) in [6.45, 7) is 6.21. The van der Waals surface area contributed by atoms with E-state index < -0.39 is 0 Å². The van der Waals surface area contributed by atoms with Crippen LogP contribution in [0.25, 0.3) is 0 Å². The van der Waals surface area contributed by atoms with E-state index in [4.69, 9.17) is 10.2 Å². The van der Waals surface area contributed by atoms with E-state index in [1.165, 1.54) is 0 Å². The van der Waals surface area contributed by atoms with E-state index in [2.05, 4.69) is 0 Å². The molecule has 0 aliphatic carbocycles. The normalized spacial score (nSPS) is 19.9. The molecule has 0 saturated carbocycles. The number of likely N-dealkylation sites (tertiary alicyclic amines) is 1. The molecule has 1 aliphatic rings. The van der Waals surface area contributed by atoms with Gasteiger partial charge in [-0.3, -0.25) is 4.79 Å². The van der Waals surface area contributed by atoms with E-state index in [-0.39, 0.29) is 5.91 Å². The molecule has 4 nitrogen and oxygen atoms in total. The van der Waals surface area contributed by atoms with E-state index >= 15 is 0 Å². The van der Waals surface area contributed by atoms with Crippen molar-refractivity contribution in [3.63, 3.8) is 0 Å². The zero-order valence-corrected chi connectivity index (χ0v) is 10.5. The molecule has 1 amide bonds. The zero-order chi connectivity index (χ0) is 12.4. The predicted octanol–water partition coefficient (Wildman–Crippen LogP) is 1.57. The maximum atomic E-state index is 12.2. The molecule has 0 aromatic carbocycles. The van der Waals surface area contributed by atoms with Gasteiger partial charge in [0.15, 0.2) is 5.76 Å². The van der Waals surface area contributed by atoms with Crippen molar-refractivity contribution in [3.8, 4) is 0 Å². The minimum absolute atomic E-state index is 0.00347. The summed E-state index contributed by atoms with van der Waals surface area (Å²) in [5.74, 6) is 1.82. The minimum Gasteiger partial charge on any atom is -0.456 e. The lowest BCUT2D eigenvalue weighted by Gasteiger charge is -2.14. The average molecular weight is 236 g/mol. The molecule has 0 unspecified atom stereocenters. The Hall–Kier alpha value is -1.29. The summed E-state index contributed by atoms with van der Waals surface area (Å²) in [5.41, 5.74) is 6.68. The van der Waals surface area contributed by atoms with Crippen molar-refractivity contribution in [1.29, 1.82) is 0 Å². The first-order chi connectivity index (χ1) is 8.15. The number of hydrogen-bond acceptors (Lipinski definition) is 3. The van der Waals surface area contributed by atoms with Crippen molar-refractivity contribution in [2.24, 2.45) is 11.7 Å². The van der Waals surface area contributed by atoms with Gasteiger partial charge in [-0.1, -0.05) is 6.92 Å². The van der Waals surface area contributed by atoms with Gasteiger partial charge in [0.1, 0.15) is 5.76 Å². The van der Waals surface area contributed by atoms with Crippen LogP contribution in [0.2, 0.25) is 0 Å². The van der Waals surface area contributed by atoms with Gasteiger partial charge in [-0.2, -0.15) is 0 Å². The average Bonchev–Trinajstić information content (AvgIpc) is 2.94. The highest BCUT2D eigenvalue weighted by molar-refractivity contribution is 5.92. The fourth-order valence-corrected chi connectivity index (χ4v) is 2.34. The molecule has 0 bridgehead atoms. The standard InChI is InChI=1S/C13H20N2O2/c1-3-11-9(2)6-12(17-11)13(16)15-5-4-10(7-14)8-15/h6,10H,3-5,7-8,14H2,1-2H3/t10-/m0/s1. The number of amides is 1. The van der Waals surface area contributed by atoms with Crippen LogP contribution in [-0.2, 0) is 6.42 Å². The van der Waals surface area contributed by atoms with Gasteiger partial charge in [0.2, 0.25) is 0 Å². The third kappa shape index (κ3) is 2.36. The molecule has 2 N–H and O–H groups in total. The zero-order valence-electron chi connectivity index (χ0n) is 10.5. The lowest BCUT2D eigenvalue weighted by atomic mass is 10.1. The van der Waals surface area contributed by atoms with Crippen LogP contribution in [-0.4, -0.2) is 30.4 Å². The van der Waals surface area contributed by atoms with E-state index in [1.54, 1.807) is 0 Å². The highest BCUT2D eigenvalue weighted by Crippen LogP contribution is 2.21. The lowest BCUT2D eigenvalue weighted by Crippen LogP contribution is -2.29. The summed E-state index contributed by atoms with van der Waals surface area (Å²) in [5, 5.41) is 0. The van der Waals surface area contributed by atoms with Crippen LogP contribution in [0.15, 0.2) is 10.5 Å². The molecule has 1 aromatic heterocycles. The highest BCUT2D eigenvalue weighted by Gasteiger charge is 2.28. The minimum atomic E-state index is 0.00347. The van der Waals surface area contributed by atoms with Crippen LogP contribution in [0, 0.1) is 12.8 Å². The molecular formula is C13H20N2O2. The molecule has 1 atom stereocenters. The van der Waals surface area contributed by atoms with Crippen molar-refractivity contribution < 1.29 is 9.21 Å². The summed E-state index contributed by atoms with van der Waals surface area (Å²) in [6, 6.07) is 1.84. The van der Waals surface area contributed by atoms with Gasteiger partial charge in [0, 0.05) is 19.5 Å². The van der Waals surface area contributed by atoms with Gasteiger partial charge in [-0.25, -0.2) is 0 Å². The number of aryl methyl sites for hydroxylation is 2. The number of rotatable bonds is 3. The second-order valence-corrected chi connectivity index (χ2v) is 4.71. The molecule has 2 rings (SSSR count). The highest BCUT2D eigenvalue weighted by atomic mass is 16.4. The van der Waals surface area contributed by atoms with Crippen LogP contribution >= 0.6 is 0 Å². The summed E-state index contributed by atoms with van der Waals surface area (Å²) in [6.07, 6.45) is 1.83. The molecule has 94 valence electrons. The summed E-state index contributed by atoms with van der Waals surface area (Å²) < 4.78 is 5.58. The lowest BCUT2D eigenvalue weighted by molar-refractivity contribution is 0.0754. The number of nitrogens with zero attached hydrogens (tertiary/aromatic N) is 1. The fraction of sp³-hybridized carbons (Fsp3) is 0.615. The van der Waals surface area contributed by atoms with Crippen LogP contribution in [0.5, 0.6) is 0 Å². The van der Waals surface area contributed by atoms with Gasteiger partial charge in [-0.15, -0.1) is 0 Å². The van der Waals surface area contributed by atoms with Crippen molar-refractivity contribution in [2.75, 3.05) is 19.6 Å². The van der Waals surface area contributed by atoms with Crippen LogP contribution in [0.4, 0.5) is 0 Å². The molecule has 2 heterocycles. The number of carbonyl (C=O) groups excluding carboxylic acids is 1. The second kappa shape index (κ2) is 4.92. The summed E-state index contributed by atoms with van der Waals surface area (Å²) in [7, 11) is 0. The van der Waals surface area contributed by atoms with E-state index in [0.29, 0.717) is 18.2 Å². The maximum Gasteiger partial charge on any atom is 0.289 e. The molecule has 1 aliphatic heterocycles. The summed E-state index contributed by atoms with van der Waals surface area (Å²) in [4.78, 5) is 14.0. The first kappa shape index (κ1) is 12.2. The number of carbonyl (C=O) groups is 1. The van der Waals surface area contributed by atoms with E-state index in [9.17, 15) is 4.79 Å². The largest absolute Gasteiger partial charge is 0.456 e. The summed E-state index contributed by atoms with van der Waals surface area (Å²) >= 11 is 0. The topological polar surface area (TPSA) is 59.5 Å². The Bertz CT molecular complexity index is 412. The first-order valence-corrected chi connectivity index (χ1v) is 6.24. The van der Waals surface area contributed by atoms with Gasteiger partial charge in [-0.05, 0) is 37.4 Å². The van der Waals surface area contributed by atoms with Gasteiger partial charge < -0.3 is 15.1 Å². The second-order valence-electron chi connectivity index (χ2n) is 4.71. The molecule has 1 fully saturated rings. The number of hydrogen-bond donors (Lipinski definition) is 1. The SMILES string of the molecule is CCc1oc(C(=O)N2CC[C@@H](CN)C2)cc1C. The van der Waals surface area contributed by atoms with Crippen molar-refractivity contribution >= 4 is 5.91 Å². The molecule has 4 heteroatoms. The molecule has 1 saturated heterocycles. The van der Waals surface area contributed by atoms with Gasteiger partial charge in [0.25, 0.3) is 5.91 Å². The Kier molecular flexibility index (Phi) is 3.52. The van der Waals surface area contributed by atoms with Crippen molar-refractivity contribution in [1.82, 2.24) is 4.90 Å². The van der Waals surface area contributed by atoms with Crippen LogP contribution in [0.1, 0.15) is 35.2 Å². The van der Waals surface area contributed by atoms with Gasteiger partial charge >= 0.3 is 0 Å².